The number of rotatable bonds is 4. The van der Waals surface area contributed by atoms with Crippen LogP contribution in [0, 0.1) is 11.9 Å². The summed E-state index contributed by atoms with van der Waals surface area (Å²) in [5, 5.41) is 7.40. The van der Waals surface area contributed by atoms with Gasteiger partial charge in [0.1, 0.15) is 6.17 Å². The van der Waals surface area contributed by atoms with Gasteiger partial charge in [-0.1, -0.05) is 6.92 Å². The van der Waals surface area contributed by atoms with E-state index in [9.17, 15) is 13.6 Å². The van der Waals surface area contributed by atoms with Gasteiger partial charge in [0.05, 0.1) is 29.0 Å². The molecule has 3 aromatic rings. The second-order valence-corrected chi connectivity index (χ2v) is 6.98. The molecule has 1 aliphatic carbocycles. The molecule has 8 heteroatoms. The molecule has 4 rings (SSSR count). The van der Waals surface area contributed by atoms with Gasteiger partial charge in [0.25, 0.3) is 5.91 Å². The van der Waals surface area contributed by atoms with E-state index >= 15 is 0 Å². The molecule has 0 aliphatic heterocycles. The fourth-order valence-corrected chi connectivity index (χ4v) is 3.59. The Labute approximate surface area is 154 Å². The number of alkyl halides is 1. The molecule has 0 aromatic carbocycles. The number of nitrogens with zero attached hydrogens (tertiary/aromatic N) is 3. The molecule has 0 radical (unpaired) electrons. The summed E-state index contributed by atoms with van der Waals surface area (Å²) in [6.07, 6.45) is 4.97. The van der Waals surface area contributed by atoms with E-state index in [-0.39, 0.29) is 11.5 Å². The predicted molar refractivity (Wildman–Crippen MR) is 97.6 cm³/mol. The van der Waals surface area contributed by atoms with Gasteiger partial charge in [0, 0.05) is 23.5 Å². The summed E-state index contributed by atoms with van der Waals surface area (Å²) in [7, 11) is 0. The van der Waals surface area contributed by atoms with Crippen LogP contribution < -0.4 is 11.1 Å². The standard InChI is InChI=1S/C19H19F2N5O/c1-10-2-4-14(17(10)21)25-18-13(19(22)27)8-24-26-9-12(6-15(18)26)11-3-5-16(20)23-7-11/h3,5-10,14,17,25H,2,4H2,1H3,(H2,22,27)/t10-,14+,17-/m0/s1. The Morgan fingerprint density at radius 2 is 2.11 bits per heavy atom. The molecule has 0 spiro atoms. The van der Waals surface area contributed by atoms with E-state index in [0.29, 0.717) is 23.2 Å². The third-order valence-corrected chi connectivity index (χ3v) is 5.15. The number of halogens is 2. The number of hydrogen-bond acceptors (Lipinski definition) is 4. The van der Waals surface area contributed by atoms with Crippen LogP contribution in [-0.4, -0.2) is 32.7 Å². The number of carbonyl (C=O) groups is 1. The highest BCUT2D eigenvalue weighted by Crippen LogP contribution is 2.34. The molecule has 0 bridgehead atoms. The summed E-state index contributed by atoms with van der Waals surface area (Å²) in [5.74, 6) is -1.24. The Morgan fingerprint density at radius 3 is 2.74 bits per heavy atom. The molecule has 1 fully saturated rings. The Bertz CT molecular complexity index is 1000. The van der Waals surface area contributed by atoms with Gasteiger partial charge in [-0.25, -0.2) is 13.9 Å². The van der Waals surface area contributed by atoms with Crippen molar-refractivity contribution in [2.45, 2.75) is 32.0 Å². The molecular formula is C19H19F2N5O. The van der Waals surface area contributed by atoms with E-state index in [1.54, 1.807) is 22.8 Å². The number of carbonyl (C=O) groups excluding carboxylic acids is 1. The van der Waals surface area contributed by atoms with Crippen molar-refractivity contribution >= 4 is 17.1 Å². The van der Waals surface area contributed by atoms with Crippen molar-refractivity contribution in [2.24, 2.45) is 11.7 Å². The van der Waals surface area contributed by atoms with E-state index in [2.05, 4.69) is 15.4 Å². The number of hydrogen-bond donors (Lipinski definition) is 2. The molecule has 1 amide bonds. The lowest BCUT2D eigenvalue weighted by Crippen LogP contribution is -2.29. The van der Waals surface area contributed by atoms with Gasteiger partial charge in [-0.2, -0.15) is 9.49 Å². The lowest BCUT2D eigenvalue weighted by Gasteiger charge is -2.20. The van der Waals surface area contributed by atoms with Crippen LogP contribution in [0.4, 0.5) is 14.5 Å². The van der Waals surface area contributed by atoms with Crippen LogP contribution in [0.1, 0.15) is 30.1 Å². The predicted octanol–water partition coefficient (Wildman–Crippen LogP) is 3.18. The molecule has 1 aliphatic rings. The lowest BCUT2D eigenvalue weighted by molar-refractivity contribution is 0.100. The summed E-state index contributed by atoms with van der Waals surface area (Å²) in [4.78, 5) is 15.5. The van der Waals surface area contributed by atoms with Gasteiger partial charge in [-0.3, -0.25) is 4.79 Å². The first-order chi connectivity index (χ1) is 12.9. The largest absolute Gasteiger partial charge is 0.377 e. The fourth-order valence-electron chi connectivity index (χ4n) is 3.59. The van der Waals surface area contributed by atoms with E-state index in [0.717, 1.165) is 12.0 Å². The van der Waals surface area contributed by atoms with Crippen LogP contribution in [0.15, 0.2) is 36.8 Å². The van der Waals surface area contributed by atoms with Gasteiger partial charge < -0.3 is 11.1 Å². The van der Waals surface area contributed by atoms with E-state index in [4.69, 9.17) is 5.73 Å². The van der Waals surface area contributed by atoms with Crippen molar-refractivity contribution in [1.29, 1.82) is 0 Å². The molecule has 1 saturated carbocycles. The van der Waals surface area contributed by atoms with Crippen LogP contribution in [0.25, 0.3) is 16.6 Å². The number of anilines is 1. The third-order valence-electron chi connectivity index (χ3n) is 5.15. The first-order valence-corrected chi connectivity index (χ1v) is 8.78. The molecule has 140 valence electrons. The van der Waals surface area contributed by atoms with Crippen LogP contribution in [0.5, 0.6) is 0 Å². The summed E-state index contributed by atoms with van der Waals surface area (Å²) in [5.41, 5.74) is 8.21. The number of fused-ring (bicyclic) bond motifs is 1. The number of pyridine rings is 1. The third kappa shape index (κ3) is 3.11. The smallest absolute Gasteiger partial charge is 0.252 e. The molecule has 27 heavy (non-hydrogen) atoms. The van der Waals surface area contributed by atoms with Crippen molar-refractivity contribution in [2.75, 3.05) is 5.32 Å². The van der Waals surface area contributed by atoms with Crippen LogP contribution >= 0.6 is 0 Å². The number of primary amides is 1. The van der Waals surface area contributed by atoms with E-state index < -0.39 is 24.1 Å². The van der Waals surface area contributed by atoms with Gasteiger partial charge in [0.15, 0.2) is 0 Å². The Hall–Kier alpha value is -3.03. The summed E-state index contributed by atoms with van der Waals surface area (Å²) < 4.78 is 29.1. The van der Waals surface area contributed by atoms with Crippen molar-refractivity contribution in [3.63, 3.8) is 0 Å². The normalized spacial score (nSPS) is 22.3. The minimum absolute atomic E-state index is 0.0370. The van der Waals surface area contributed by atoms with Gasteiger partial charge in [0.2, 0.25) is 5.95 Å². The summed E-state index contributed by atoms with van der Waals surface area (Å²) in [6.45, 7) is 1.88. The van der Waals surface area contributed by atoms with Crippen molar-refractivity contribution in [3.8, 4) is 11.1 Å². The van der Waals surface area contributed by atoms with Gasteiger partial charge in [-0.15, -0.1) is 0 Å². The zero-order valence-corrected chi connectivity index (χ0v) is 14.7. The number of aromatic nitrogens is 3. The first kappa shape index (κ1) is 17.4. The lowest BCUT2D eigenvalue weighted by atomic mass is 10.1. The van der Waals surface area contributed by atoms with E-state index in [1.807, 2.05) is 6.92 Å². The highest BCUT2D eigenvalue weighted by atomic mass is 19.1. The average Bonchev–Trinajstić information content (AvgIpc) is 3.21. The maximum atomic E-state index is 14.5. The molecule has 6 nitrogen and oxygen atoms in total. The van der Waals surface area contributed by atoms with Crippen LogP contribution in [0.3, 0.4) is 0 Å². The quantitative estimate of drug-likeness (QED) is 0.690. The number of amides is 1. The summed E-state index contributed by atoms with van der Waals surface area (Å²) >= 11 is 0. The number of nitrogens with two attached hydrogens (primary N) is 1. The number of nitrogens with one attached hydrogen (secondary N) is 1. The minimum atomic E-state index is -1.00. The monoisotopic (exact) mass is 371 g/mol. The second-order valence-electron chi connectivity index (χ2n) is 6.98. The topological polar surface area (TPSA) is 85.3 Å². The molecule has 3 atom stereocenters. The summed E-state index contributed by atoms with van der Waals surface area (Å²) in [6, 6.07) is 4.28. The average molecular weight is 371 g/mol. The Kier molecular flexibility index (Phi) is 4.25. The van der Waals surface area contributed by atoms with Crippen LogP contribution in [0.2, 0.25) is 0 Å². The highest BCUT2D eigenvalue weighted by Gasteiger charge is 2.34. The molecule has 0 saturated heterocycles. The highest BCUT2D eigenvalue weighted by molar-refractivity contribution is 6.02. The zero-order chi connectivity index (χ0) is 19.1. The van der Waals surface area contributed by atoms with Gasteiger partial charge >= 0.3 is 0 Å². The molecule has 3 heterocycles. The minimum Gasteiger partial charge on any atom is -0.377 e. The maximum absolute atomic E-state index is 14.5. The zero-order valence-electron chi connectivity index (χ0n) is 14.7. The molecule has 3 N–H and O–H groups in total. The van der Waals surface area contributed by atoms with Crippen molar-refractivity contribution in [1.82, 2.24) is 14.6 Å². The second kappa shape index (κ2) is 6.61. The van der Waals surface area contributed by atoms with Gasteiger partial charge in [-0.05, 0) is 37.0 Å². The molecule has 3 aromatic heterocycles. The van der Waals surface area contributed by atoms with Crippen molar-refractivity contribution < 1.29 is 13.6 Å². The molecule has 0 unspecified atom stereocenters. The maximum Gasteiger partial charge on any atom is 0.252 e. The SMILES string of the molecule is C[C@H]1CC[C@@H](Nc2c(C(N)=O)cnn3cc(-c4ccc(F)nc4)cc23)[C@H]1F. The fraction of sp³-hybridized carbons (Fsp3) is 0.316. The van der Waals surface area contributed by atoms with Crippen molar-refractivity contribution in [3.05, 3.63) is 48.3 Å². The Morgan fingerprint density at radius 1 is 1.30 bits per heavy atom. The Balaban J connectivity index is 1.80. The molecular weight excluding hydrogens is 352 g/mol. The first-order valence-electron chi connectivity index (χ1n) is 8.78. The van der Waals surface area contributed by atoms with Crippen LogP contribution in [-0.2, 0) is 0 Å². The van der Waals surface area contributed by atoms with E-state index in [1.165, 1.54) is 18.5 Å².